The lowest BCUT2D eigenvalue weighted by molar-refractivity contribution is -0.118. The minimum atomic E-state index is -3.85. The maximum absolute atomic E-state index is 12.9. The summed E-state index contributed by atoms with van der Waals surface area (Å²) >= 11 is 7.10. The molecule has 3 aromatic rings. The first-order chi connectivity index (χ1) is 16.5. The maximum atomic E-state index is 12.9. The van der Waals surface area contributed by atoms with Crippen molar-refractivity contribution in [3.05, 3.63) is 69.3 Å². The molecule has 1 fully saturated rings. The summed E-state index contributed by atoms with van der Waals surface area (Å²) in [5.74, 6) is -0.0293. The third-order valence-corrected chi connectivity index (χ3v) is 7.97. The normalized spacial score (nSPS) is 16.8. The Morgan fingerprint density at radius 1 is 1.11 bits per heavy atom. The molecular formula is C22H21ClN4O5S3. The van der Waals surface area contributed by atoms with Gasteiger partial charge in [-0.1, -0.05) is 29.8 Å². The van der Waals surface area contributed by atoms with Crippen molar-refractivity contribution < 1.29 is 21.6 Å². The summed E-state index contributed by atoms with van der Waals surface area (Å²) in [5, 5.41) is 1.01. The van der Waals surface area contributed by atoms with E-state index >= 15 is 0 Å². The Hall–Kier alpha value is -2.77. The molecular weight excluding hydrogens is 532 g/mol. The molecule has 0 radical (unpaired) electrons. The van der Waals surface area contributed by atoms with Gasteiger partial charge in [-0.05, 0) is 42.8 Å². The van der Waals surface area contributed by atoms with Gasteiger partial charge in [0.25, 0.3) is 0 Å². The van der Waals surface area contributed by atoms with Gasteiger partial charge in [0.1, 0.15) is 11.9 Å². The number of para-hydroxylation sites is 1. The zero-order chi connectivity index (χ0) is 25.2. The summed E-state index contributed by atoms with van der Waals surface area (Å²) < 4.78 is 53.6. The number of thiophene rings is 1. The van der Waals surface area contributed by atoms with Crippen molar-refractivity contribution >= 4 is 66.5 Å². The number of halogens is 1. The molecule has 0 spiro atoms. The fourth-order valence-electron chi connectivity index (χ4n) is 3.56. The predicted octanol–water partition coefficient (Wildman–Crippen LogP) is 3.53. The predicted molar refractivity (Wildman–Crippen MR) is 139 cm³/mol. The van der Waals surface area contributed by atoms with Crippen LogP contribution in [0.25, 0.3) is 17.2 Å². The van der Waals surface area contributed by atoms with Crippen LogP contribution in [0.2, 0.25) is 4.34 Å². The van der Waals surface area contributed by atoms with Crippen LogP contribution in [0.5, 0.6) is 0 Å². The molecule has 4 rings (SSSR count). The third kappa shape index (κ3) is 6.47. The number of amides is 1. The number of pyridine rings is 1. The molecule has 0 saturated carbocycles. The van der Waals surface area contributed by atoms with Crippen LogP contribution in [0.15, 0.2) is 60.1 Å². The number of nitrogens with zero attached hydrogens (tertiary/aromatic N) is 2. The third-order valence-electron chi connectivity index (χ3n) is 5.08. The van der Waals surface area contributed by atoms with E-state index in [1.165, 1.54) is 28.5 Å². The number of aromatic nitrogens is 1. The Labute approximate surface area is 212 Å². The van der Waals surface area contributed by atoms with Crippen LogP contribution in [-0.2, 0) is 24.8 Å². The first-order valence-electron chi connectivity index (χ1n) is 10.3. The van der Waals surface area contributed by atoms with Crippen LogP contribution in [0.1, 0.15) is 11.3 Å². The lowest BCUT2D eigenvalue weighted by Crippen LogP contribution is -2.40. The van der Waals surface area contributed by atoms with E-state index in [0.717, 1.165) is 11.7 Å². The summed E-state index contributed by atoms with van der Waals surface area (Å²) in [6.07, 6.45) is 4.33. The molecule has 0 aliphatic carbocycles. The monoisotopic (exact) mass is 552 g/mol. The minimum Gasteiger partial charge on any atom is -0.295 e. The molecule has 1 aromatic carbocycles. The van der Waals surface area contributed by atoms with Gasteiger partial charge in [0, 0.05) is 34.2 Å². The second-order valence-corrected chi connectivity index (χ2v) is 12.9. The van der Waals surface area contributed by atoms with Crippen LogP contribution in [0, 0.1) is 0 Å². The van der Waals surface area contributed by atoms with Gasteiger partial charge < -0.3 is 0 Å². The van der Waals surface area contributed by atoms with Crippen LogP contribution < -0.4 is 14.3 Å². The number of nitrogens with one attached hydrogen (secondary N) is 2. The van der Waals surface area contributed by atoms with E-state index in [1.807, 2.05) is 0 Å². The molecule has 0 bridgehead atoms. The summed E-state index contributed by atoms with van der Waals surface area (Å²) in [6.45, 7) is 0.300. The van der Waals surface area contributed by atoms with Crippen molar-refractivity contribution in [3.63, 3.8) is 0 Å². The smallest absolute Gasteiger partial charge is 0.246 e. The number of benzene rings is 1. The van der Waals surface area contributed by atoms with Gasteiger partial charge in [0.2, 0.25) is 26.0 Å². The Kier molecular flexibility index (Phi) is 7.29. The van der Waals surface area contributed by atoms with Crippen LogP contribution in [-0.4, -0.2) is 46.6 Å². The summed E-state index contributed by atoms with van der Waals surface area (Å²) in [7, 11) is -7.31. The molecule has 1 saturated heterocycles. The molecule has 35 heavy (non-hydrogen) atoms. The van der Waals surface area contributed by atoms with E-state index in [-0.39, 0.29) is 0 Å². The van der Waals surface area contributed by atoms with Gasteiger partial charge in [0.15, 0.2) is 0 Å². The molecule has 13 heteroatoms. The van der Waals surface area contributed by atoms with E-state index < -0.39 is 32.0 Å². The van der Waals surface area contributed by atoms with E-state index in [1.54, 1.807) is 48.5 Å². The Morgan fingerprint density at radius 2 is 1.89 bits per heavy atom. The van der Waals surface area contributed by atoms with Gasteiger partial charge in [-0.15, -0.1) is 11.3 Å². The van der Waals surface area contributed by atoms with E-state index in [9.17, 15) is 21.6 Å². The maximum Gasteiger partial charge on any atom is 0.246 e. The number of rotatable bonds is 8. The van der Waals surface area contributed by atoms with E-state index in [4.69, 9.17) is 11.6 Å². The Balaban J connectivity index is 1.46. The molecule has 2 aromatic heterocycles. The minimum absolute atomic E-state index is 0.293. The van der Waals surface area contributed by atoms with Gasteiger partial charge in [-0.3, -0.25) is 14.4 Å². The van der Waals surface area contributed by atoms with Crippen LogP contribution >= 0.6 is 22.9 Å². The van der Waals surface area contributed by atoms with E-state index in [0.29, 0.717) is 44.8 Å². The van der Waals surface area contributed by atoms with Crippen LogP contribution in [0.3, 0.4) is 0 Å². The van der Waals surface area contributed by atoms with Crippen molar-refractivity contribution in [3.8, 4) is 11.1 Å². The van der Waals surface area contributed by atoms with Gasteiger partial charge >= 0.3 is 0 Å². The number of hydrogen-bond acceptors (Lipinski definition) is 7. The van der Waals surface area contributed by atoms with Gasteiger partial charge in [-0.2, -0.15) is 4.72 Å². The van der Waals surface area contributed by atoms with Crippen LogP contribution in [0.4, 0.5) is 11.5 Å². The topological polar surface area (TPSA) is 126 Å². The highest BCUT2D eigenvalue weighted by atomic mass is 35.5. The molecule has 1 aliphatic heterocycles. The van der Waals surface area contributed by atoms with Crippen molar-refractivity contribution in [2.75, 3.05) is 22.4 Å². The highest BCUT2D eigenvalue weighted by Gasteiger charge is 2.35. The largest absolute Gasteiger partial charge is 0.295 e. The Morgan fingerprint density at radius 3 is 2.54 bits per heavy atom. The molecule has 1 aliphatic rings. The SMILES string of the molecule is CS(=O)(=O)Nc1ccccc1-c1ccc(N2CCC(NS(=O)(=O)/C=C/c3ccc(Cl)s3)C2=O)nc1. The number of carbonyl (C=O) groups is 1. The molecule has 184 valence electrons. The lowest BCUT2D eigenvalue weighted by Gasteiger charge is -2.17. The van der Waals surface area contributed by atoms with Crippen molar-refractivity contribution in [2.24, 2.45) is 0 Å². The molecule has 1 atom stereocenters. The van der Waals surface area contributed by atoms with Gasteiger partial charge in [-0.25, -0.2) is 21.8 Å². The molecule has 2 N–H and O–H groups in total. The van der Waals surface area contributed by atoms with Gasteiger partial charge in [0.05, 0.1) is 16.3 Å². The second kappa shape index (κ2) is 10.1. The molecule has 3 heterocycles. The number of carbonyl (C=O) groups excluding carboxylic acids is 1. The van der Waals surface area contributed by atoms with Crippen molar-refractivity contribution in [1.82, 2.24) is 9.71 Å². The summed E-state index contributed by atoms with van der Waals surface area (Å²) in [6, 6.07) is 12.7. The van der Waals surface area contributed by atoms with E-state index in [2.05, 4.69) is 14.4 Å². The molecule has 1 unspecified atom stereocenters. The average Bonchev–Trinajstić information content (AvgIpc) is 3.37. The first-order valence-corrected chi connectivity index (χ1v) is 14.9. The summed E-state index contributed by atoms with van der Waals surface area (Å²) in [4.78, 5) is 19.3. The summed E-state index contributed by atoms with van der Waals surface area (Å²) in [5.41, 5.74) is 1.70. The number of hydrogen-bond donors (Lipinski definition) is 2. The second-order valence-electron chi connectivity index (χ2n) is 7.76. The molecule has 9 nitrogen and oxygen atoms in total. The van der Waals surface area contributed by atoms with Crippen molar-refractivity contribution in [1.29, 1.82) is 0 Å². The first kappa shape index (κ1) is 25.3. The fraction of sp³-hybridized carbons (Fsp3) is 0.182. The van der Waals surface area contributed by atoms with Crippen molar-refractivity contribution in [2.45, 2.75) is 12.5 Å². The lowest BCUT2D eigenvalue weighted by atomic mass is 10.1. The highest BCUT2D eigenvalue weighted by molar-refractivity contribution is 7.92. The highest BCUT2D eigenvalue weighted by Crippen LogP contribution is 2.30. The zero-order valence-corrected chi connectivity index (χ0v) is 21.6. The molecule has 1 amide bonds. The number of anilines is 2. The Bertz CT molecular complexity index is 1490. The standard InChI is InChI=1S/C22H21ClN4O5S3/c1-34(29,30)25-18-5-3-2-4-17(18)15-6-9-21(24-14-15)27-12-10-19(22(27)28)26-35(31,32)13-11-16-7-8-20(23)33-16/h2-9,11,13-14,19,25-26H,10,12H2,1H3/b13-11+. The quantitative estimate of drug-likeness (QED) is 0.440. The zero-order valence-electron chi connectivity index (χ0n) is 18.4. The average molecular weight is 553 g/mol. The fourth-order valence-corrected chi connectivity index (χ4v) is 6.20. The number of sulfonamides is 2.